The minimum atomic E-state index is -0.190. The molecule has 4 heteroatoms. The second-order valence-electron chi connectivity index (χ2n) is 4.48. The molecule has 1 aromatic carbocycles. The second-order valence-corrected chi connectivity index (χ2v) is 4.48. The van der Waals surface area contributed by atoms with Crippen molar-refractivity contribution in [1.82, 2.24) is 0 Å². The molecule has 1 unspecified atom stereocenters. The molecule has 0 aromatic heterocycles. The van der Waals surface area contributed by atoms with Crippen LogP contribution in [0.25, 0.3) is 0 Å². The van der Waals surface area contributed by atoms with E-state index >= 15 is 0 Å². The average Bonchev–Trinajstić information content (AvgIpc) is 2.28. The molecule has 0 aliphatic carbocycles. The van der Waals surface area contributed by atoms with Crippen LogP contribution in [0.4, 0.5) is 10.1 Å². The van der Waals surface area contributed by atoms with Crippen LogP contribution in [-0.2, 0) is 11.2 Å². The van der Waals surface area contributed by atoms with E-state index in [4.69, 9.17) is 10.5 Å². The molecule has 1 aliphatic rings. The quantitative estimate of drug-likeness (QED) is 0.868. The summed E-state index contributed by atoms with van der Waals surface area (Å²) < 4.78 is 19.0. The minimum Gasteiger partial charge on any atom is -0.375 e. The van der Waals surface area contributed by atoms with E-state index in [0.29, 0.717) is 19.6 Å². The molecule has 17 heavy (non-hydrogen) atoms. The van der Waals surface area contributed by atoms with Gasteiger partial charge in [-0.2, -0.15) is 0 Å². The number of benzene rings is 1. The first-order valence-electron chi connectivity index (χ1n) is 6.05. The Hall–Kier alpha value is -1.13. The van der Waals surface area contributed by atoms with E-state index in [9.17, 15) is 4.39 Å². The van der Waals surface area contributed by atoms with Crippen LogP contribution in [0.2, 0.25) is 0 Å². The van der Waals surface area contributed by atoms with Crippen molar-refractivity contribution < 1.29 is 9.13 Å². The normalized spacial score (nSPS) is 20.6. The third-order valence-corrected chi connectivity index (χ3v) is 2.98. The Balaban J connectivity index is 2.18. The van der Waals surface area contributed by atoms with Gasteiger partial charge in [0.1, 0.15) is 5.82 Å². The van der Waals surface area contributed by atoms with Gasteiger partial charge in [-0.1, -0.05) is 0 Å². The van der Waals surface area contributed by atoms with Crippen molar-refractivity contribution >= 4 is 5.69 Å². The highest BCUT2D eigenvalue weighted by Crippen LogP contribution is 2.21. The largest absolute Gasteiger partial charge is 0.375 e. The van der Waals surface area contributed by atoms with Gasteiger partial charge in [0.2, 0.25) is 0 Å². The lowest BCUT2D eigenvalue weighted by Crippen LogP contribution is -2.41. The highest BCUT2D eigenvalue weighted by atomic mass is 19.1. The molecule has 0 bridgehead atoms. The topological polar surface area (TPSA) is 38.5 Å². The molecule has 1 aromatic rings. The molecule has 0 radical (unpaired) electrons. The fourth-order valence-electron chi connectivity index (χ4n) is 2.18. The van der Waals surface area contributed by atoms with E-state index in [1.54, 1.807) is 12.1 Å². The van der Waals surface area contributed by atoms with Gasteiger partial charge in [-0.05, 0) is 43.7 Å². The Morgan fingerprint density at radius 1 is 1.47 bits per heavy atom. The van der Waals surface area contributed by atoms with Crippen molar-refractivity contribution in [1.29, 1.82) is 0 Å². The first kappa shape index (κ1) is 12.3. The van der Waals surface area contributed by atoms with Crippen molar-refractivity contribution in [3.63, 3.8) is 0 Å². The van der Waals surface area contributed by atoms with Crippen LogP contribution in [0.3, 0.4) is 0 Å². The molecule has 94 valence electrons. The molecule has 2 rings (SSSR count). The maximum Gasteiger partial charge on any atom is 0.125 e. The van der Waals surface area contributed by atoms with Crippen LogP contribution < -0.4 is 10.6 Å². The summed E-state index contributed by atoms with van der Waals surface area (Å²) >= 11 is 0. The fraction of sp³-hybridized carbons (Fsp3) is 0.538. The third kappa shape index (κ3) is 3.17. The summed E-state index contributed by atoms with van der Waals surface area (Å²) in [5.74, 6) is -0.190. The lowest BCUT2D eigenvalue weighted by Gasteiger charge is -2.33. The molecular formula is C13H19FN2O. The van der Waals surface area contributed by atoms with Gasteiger partial charge < -0.3 is 15.4 Å². The molecule has 1 atom stereocenters. The minimum absolute atomic E-state index is 0.190. The van der Waals surface area contributed by atoms with Crippen molar-refractivity contribution in [2.45, 2.75) is 19.4 Å². The van der Waals surface area contributed by atoms with Gasteiger partial charge in [0.15, 0.2) is 0 Å². The number of morpholine rings is 1. The van der Waals surface area contributed by atoms with Gasteiger partial charge in [0.05, 0.1) is 12.7 Å². The van der Waals surface area contributed by atoms with Crippen LogP contribution in [0.5, 0.6) is 0 Å². The van der Waals surface area contributed by atoms with Gasteiger partial charge in [-0.15, -0.1) is 0 Å². The number of nitrogens with zero attached hydrogens (tertiary/aromatic N) is 1. The van der Waals surface area contributed by atoms with Crippen LogP contribution in [0.15, 0.2) is 18.2 Å². The van der Waals surface area contributed by atoms with E-state index in [-0.39, 0.29) is 11.9 Å². The molecule has 1 saturated heterocycles. The third-order valence-electron chi connectivity index (χ3n) is 2.98. The molecule has 1 fully saturated rings. The van der Waals surface area contributed by atoms with Crippen molar-refractivity contribution in [3.8, 4) is 0 Å². The maximum atomic E-state index is 13.5. The number of anilines is 1. The highest BCUT2D eigenvalue weighted by Gasteiger charge is 2.17. The summed E-state index contributed by atoms with van der Waals surface area (Å²) in [5.41, 5.74) is 7.40. The first-order valence-corrected chi connectivity index (χ1v) is 6.05. The van der Waals surface area contributed by atoms with E-state index in [1.807, 2.05) is 13.0 Å². The number of rotatable bonds is 3. The molecule has 1 heterocycles. The first-order chi connectivity index (χ1) is 8.19. The lowest BCUT2D eigenvalue weighted by atomic mass is 10.1. The van der Waals surface area contributed by atoms with Gasteiger partial charge in [-0.3, -0.25) is 0 Å². The van der Waals surface area contributed by atoms with Crippen molar-refractivity contribution in [2.24, 2.45) is 5.73 Å². The van der Waals surface area contributed by atoms with E-state index in [2.05, 4.69) is 4.90 Å². The lowest BCUT2D eigenvalue weighted by molar-refractivity contribution is 0.0532. The van der Waals surface area contributed by atoms with Crippen LogP contribution in [-0.4, -0.2) is 32.3 Å². The summed E-state index contributed by atoms with van der Waals surface area (Å²) in [6.45, 7) is 4.90. The Bertz CT molecular complexity index is 384. The fourth-order valence-corrected chi connectivity index (χ4v) is 2.18. The van der Waals surface area contributed by atoms with Gasteiger partial charge >= 0.3 is 0 Å². The molecular weight excluding hydrogens is 219 g/mol. The monoisotopic (exact) mass is 238 g/mol. The SMILES string of the molecule is CC1CN(c2cc(F)cc(CCN)c2)CCO1. The highest BCUT2D eigenvalue weighted by molar-refractivity contribution is 5.49. The smallest absolute Gasteiger partial charge is 0.125 e. The second kappa shape index (κ2) is 5.47. The van der Waals surface area contributed by atoms with E-state index in [1.165, 1.54) is 0 Å². The van der Waals surface area contributed by atoms with Crippen molar-refractivity contribution in [3.05, 3.63) is 29.6 Å². The summed E-state index contributed by atoms with van der Waals surface area (Å²) in [6, 6.07) is 5.16. The molecule has 0 amide bonds. The Morgan fingerprint density at radius 3 is 3.00 bits per heavy atom. The summed E-state index contributed by atoms with van der Waals surface area (Å²) in [4.78, 5) is 2.16. The summed E-state index contributed by atoms with van der Waals surface area (Å²) in [6.07, 6.45) is 0.912. The molecule has 0 spiro atoms. The zero-order valence-electron chi connectivity index (χ0n) is 10.2. The standard InChI is InChI=1S/C13H19FN2O/c1-10-9-16(4-5-17-10)13-7-11(2-3-15)6-12(14)8-13/h6-8,10H,2-5,9,15H2,1H3. The number of nitrogens with two attached hydrogens (primary N) is 1. The summed E-state index contributed by atoms with van der Waals surface area (Å²) in [7, 11) is 0. The average molecular weight is 238 g/mol. The predicted octanol–water partition coefficient (Wildman–Crippen LogP) is 1.55. The van der Waals surface area contributed by atoms with Gasteiger partial charge in [0.25, 0.3) is 0 Å². The van der Waals surface area contributed by atoms with Gasteiger partial charge in [-0.25, -0.2) is 4.39 Å². The van der Waals surface area contributed by atoms with Crippen molar-refractivity contribution in [2.75, 3.05) is 31.1 Å². The molecule has 2 N–H and O–H groups in total. The van der Waals surface area contributed by atoms with Gasteiger partial charge in [0, 0.05) is 18.8 Å². The molecule has 0 saturated carbocycles. The molecule has 3 nitrogen and oxygen atoms in total. The Kier molecular flexibility index (Phi) is 3.97. The zero-order chi connectivity index (χ0) is 12.3. The maximum absolute atomic E-state index is 13.5. The molecule has 1 aliphatic heterocycles. The number of hydrogen-bond acceptors (Lipinski definition) is 3. The number of ether oxygens (including phenoxy) is 1. The zero-order valence-corrected chi connectivity index (χ0v) is 10.2. The predicted molar refractivity (Wildman–Crippen MR) is 66.8 cm³/mol. The van der Waals surface area contributed by atoms with E-state index < -0.39 is 0 Å². The number of halogens is 1. The van der Waals surface area contributed by atoms with Crippen LogP contribution >= 0.6 is 0 Å². The van der Waals surface area contributed by atoms with E-state index in [0.717, 1.165) is 24.3 Å². The van der Waals surface area contributed by atoms with Crippen LogP contribution in [0.1, 0.15) is 12.5 Å². The Labute approximate surface area is 101 Å². The summed E-state index contributed by atoms with van der Waals surface area (Å²) in [5, 5.41) is 0. The number of hydrogen-bond donors (Lipinski definition) is 1. The Morgan fingerprint density at radius 2 is 2.29 bits per heavy atom. The van der Waals surface area contributed by atoms with Crippen LogP contribution in [0, 0.1) is 5.82 Å².